The maximum Gasteiger partial charge on any atom is 0.417 e. The van der Waals surface area contributed by atoms with Crippen LogP contribution in [0.5, 0.6) is 0 Å². The molecule has 17 heavy (non-hydrogen) atoms. The highest BCUT2D eigenvalue weighted by atomic mass is 127. The highest BCUT2D eigenvalue weighted by Gasteiger charge is 2.37. The van der Waals surface area contributed by atoms with Crippen molar-refractivity contribution in [2.45, 2.75) is 12.6 Å². The summed E-state index contributed by atoms with van der Waals surface area (Å²) in [5.41, 5.74) is -2.39. The van der Waals surface area contributed by atoms with E-state index in [1.54, 1.807) is 22.6 Å². The van der Waals surface area contributed by atoms with E-state index in [9.17, 15) is 23.3 Å². The van der Waals surface area contributed by atoms with Crippen LogP contribution < -0.4 is 0 Å². The standard InChI is InChI=1S/C9H4F3IN2O2/c10-9(11,12)7-3-5(13)4-8(15(16)17)6(7)1-2-14/h3-4H,1H2. The molecule has 0 fully saturated rings. The van der Waals surface area contributed by atoms with Crippen LogP contribution in [-0.2, 0) is 12.6 Å². The first-order valence-corrected chi connectivity index (χ1v) is 5.26. The van der Waals surface area contributed by atoms with Crippen LogP contribution in [0.2, 0.25) is 0 Å². The lowest BCUT2D eigenvalue weighted by molar-refractivity contribution is -0.385. The second-order valence-corrected chi connectivity index (χ2v) is 4.29. The van der Waals surface area contributed by atoms with E-state index >= 15 is 0 Å². The number of nitro groups is 1. The summed E-state index contributed by atoms with van der Waals surface area (Å²) in [5, 5.41) is 19.1. The molecule has 0 aliphatic heterocycles. The number of nitrogens with zero attached hydrogens (tertiary/aromatic N) is 2. The molecule has 0 unspecified atom stereocenters. The minimum absolute atomic E-state index is 0.100. The Morgan fingerprint density at radius 3 is 2.47 bits per heavy atom. The normalized spacial score (nSPS) is 11.0. The van der Waals surface area contributed by atoms with Gasteiger partial charge in [-0.3, -0.25) is 10.1 Å². The molecule has 0 saturated heterocycles. The molecule has 90 valence electrons. The molecule has 8 heteroatoms. The van der Waals surface area contributed by atoms with E-state index in [1.165, 1.54) is 6.07 Å². The van der Waals surface area contributed by atoms with Gasteiger partial charge in [-0.1, -0.05) is 0 Å². The van der Waals surface area contributed by atoms with Gasteiger partial charge in [0.25, 0.3) is 5.69 Å². The number of benzene rings is 1. The number of nitro benzene ring substituents is 1. The Hall–Kier alpha value is -1.37. The number of rotatable bonds is 2. The molecule has 0 aromatic heterocycles. The molecule has 0 heterocycles. The first-order chi connectivity index (χ1) is 7.77. The Labute approximate surface area is 107 Å². The fraction of sp³-hybridized carbons (Fsp3) is 0.222. The van der Waals surface area contributed by atoms with Gasteiger partial charge >= 0.3 is 6.18 Å². The molecular formula is C9H4F3IN2O2. The number of hydrogen-bond acceptors (Lipinski definition) is 3. The predicted molar refractivity (Wildman–Crippen MR) is 60.1 cm³/mol. The Morgan fingerprint density at radius 2 is 2.06 bits per heavy atom. The summed E-state index contributed by atoms with van der Waals surface area (Å²) < 4.78 is 38.1. The van der Waals surface area contributed by atoms with Gasteiger partial charge < -0.3 is 0 Å². The summed E-state index contributed by atoms with van der Waals surface area (Å²) in [6, 6.07) is 3.31. The monoisotopic (exact) mass is 356 g/mol. The molecule has 4 nitrogen and oxygen atoms in total. The highest BCUT2D eigenvalue weighted by molar-refractivity contribution is 14.1. The zero-order valence-corrected chi connectivity index (χ0v) is 10.2. The lowest BCUT2D eigenvalue weighted by atomic mass is 10.0. The van der Waals surface area contributed by atoms with Gasteiger partial charge in [0, 0.05) is 9.64 Å². The first kappa shape index (κ1) is 13.7. The largest absolute Gasteiger partial charge is 0.417 e. The Morgan fingerprint density at radius 1 is 1.47 bits per heavy atom. The maximum atomic E-state index is 12.7. The third-order valence-electron chi connectivity index (χ3n) is 1.95. The van der Waals surface area contributed by atoms with Gasteiger partial charge in [-0.15, -0.1) is 0 Å². The van der Waals surface area contributed by atoms with Crippen molar-refractivity contribution in [2.75, 3.05) is 0 Å². The number of alkyl halides is 3. The topological polar surface area (TPSA) is 66.9 Å². The van der Waals surface area contributed by atoms with Crippen LogP contribution in [0.3, 0.4) is 0 Å². The summed E-state index contributed by atoms with van der Waals surface area (Å²) in [7, 11) is 0. The fourth-order valence-electron chi connectivity index (χ4n) is 1.30. The maximum absolute atomic E-state index is 12.7. The lowest BCUT2D eigenvalue weighted by Gasteiger charge is -2.11. The first-order valence-electron chi connectivity index (χ1n) is 4.18. The molecule has 0 saturated carbocycles. The van der Waals surface area contributed by atoms with Crippen molar-refractivity contribution in [3.8, 4) is 6.07 Å². The second-order valence-electron chi connectivity index (χ2n) is 3.04. The van der Waals surface area contributed by atoms with E-state index in [4.69, 9.17) is 5.26 Å². The highest BCUT2D eigenvalue weighted by Crippen LogP contribution is 2.37. The summed E-state index contributed by atoms with van der Waals surface area (Å²) in [6.45, 7) is 0. The van der Waals surface area contributed by atoms with Crippen LogP contribution in [0.4, 0.5) is 18.9 Å². The zero-order chi connectivity index (χ0) is 13.2. The van der Waals surface area contributed by atoms with E-state index in [-0.39, 0.29) is 3.57 Å². The second kappa shape index (κ2) is 4.87. The smallest absolute Gasteiger partial charge is 0.258 e. The number of hydrogen-bond donors (Lipinski definition) is 0. The minimum atomic E-state index is -4.71. The molecule has 0 amide bonds. The molecule has 0 aliphatic rings. The Balaban J connectivity index is 3.59. The predicted octanol–water partition coefficient (Wildman–Crippen LogP) is 3.28. The molecule has 1 aromatic rings. The van der Waals surface area contributed by atoms with Crippen molar-refractivity contribution in [3.63, 3.8) is 0 Å². The zero-order valence-electron chi connectivity index (χ0n) is 8.08. The molecule has 1 aromatic carbocycles. The number of halogens is 4. The quantitative estimate of drug-likeness (QED) is 0.464. The van der Waals surface area contributed by atoms with E-state index in [0.29, 0.717) is 0 Å². The van der Waals surface area contributed by atoms with Crippen LogP contribution in [0, 0.1) is 25.0 Å². The summed E-state index contributed by atoms with van der Waals surface area (Å²) >= 11 is 1.56. The molecule has 1 rings (SSSR count). The van der Waals surface area contributed by atoms with Crippen molar-refractivity contribution < 1.29 is 18.1 Å². The average molecular weight is 356 g/mol. The van der Waals surface area contributed by atoms with Crippen LogP contribution in [0.1, 0.15) is 11.1 Å². The fourth-order valence-corrected chi connectivity index (χ4v) is 1.91. The summed E-state index contributed by atoms with van der Waals surface area (Å²) in [5.74, 6) is 0. The van der Waals surface area contributed by atoms with E-state index in [0.717, 1.165) is 12.1 Å². The summed E-state index contributed by atoms with van der Waals surface area (Å²) in [4.78, 5) is 9.74. The van der Waals surface area contributed by atoms with Gasteiger partial charge in [0.05, 0.1) is 28.5 Å². The molecule has 0 radical (unpaired) electrons. The van der Waals surface area contributed by atoms with Crippen molar-refractivity contribution in [3.05, 3.63) is 36.9 Å². The number of nitriles is 1. The summed E-state index contributed by atoms with van der Waals surface area (Å²) in [6.07, 6.45) is -5.36. The van der Waals surface area contributed by atoms with E-state index in [1.807, 2.05) is 0 Å². The SMILES string of the molecule is N#CCc1c([N+](=O)[O-])cc(I)cc1C(F)(F)F. The van der Waals surface area contributed by atoms with Gasteiger partial charge in [-0.05, 0) is 28.7 Å². The Bertz CT molecular complexity index is 508. The van der Waals surface area contributed by atoms with Crippen molar-refractivity contribution in [1.82, 2.24) is 0 Å². The van der Waals surface area contributed by atoms with Gasteiger partial charge in [-0.2, -0.15) is 18.4 Å². The molecule has 0 aliphatic carbocycles. The van der Waals surface area contributed by atoms with Crippen molar-refractivity contribution >= 4 is 28.3 Å². The van der Waals surface area contributed by atoms with Crippen molar-refractivity contribution in [2.24, 2.45) is 0 Å². The molecule has 0 spiro atoms. The van der Waals surface area contributed by atoms with Crippen LogP contribution in [0.25, 0.3) is 0 Å². The van der Waals surface area contributed by atoms with Crippen molar-refractivity contribution in [1.29, 1.82) is 5.26 Å². The van der Waals surface area contributed by atoms with Gasteiger partial charge in [-0.25, -0.2) is 0 Å². The van der Waals surface area contributed by atoms with E-state index < -0.39 is 34.3 Å². The lowest BCUT2D eigenvalue weighted by Crippen LogP contribution is -2.11. The molecular weight excluding hydrogens is 352 g/mol. The molecule has 0 bridgehead atoms. The van der Waals surface area contributed by atoms with E-state index in [2.05, 4.69) is 0 Å². The third kappa shape index (κ3) is 3.06. The third-order valence-corrected chi connectivity index (χ3v) is 2.57. The Kier molecular flexibility index (Phi) is 3.92. The van der Waals surface area contributed by atoms with Crippen LogP contribution in [0.15, 0.2) is 12.1 Å². The van der Waals surface area contributed by atoms with Gasteiger partial charge in [0.1, 0.15) is 0 Å². The van der Waals surface area contributed by atoms with Gasteiger partial charge in [0.2, 0.25) is 0 Å². The average Bonchev–Trinajstić information content (AvgIpc) is 2.18. The van der Waals surface area contributed by atoms with Crippen LogP contribution in [-0.4, -0.2) is 4.92 Å². The molecule has 0 N–H and O–H groups in total. The van der Waals surface area contributed by atoms with Gasteiger partial charge in [0.15, 0.2) is 0 Å². The minimum Gasteiger partial charge on any atom is -0.258 e. The van der Waals surface area contributed by atoms with Crippen LogP contribution >= 0.6 is 22.6 Å². The molecule has 0 atom stereocenters.